The molecule has 0 bridgehead atoms. The molecular weight excluding hydrogens is 632 g/mol. The standard InChI is InChI=1S/C33H36BrF2N5O3/c1-6-7-12-28-39-25-16-22(20(2)15-26(25)41(28)19-23-24(34)10-8-11-27(23)43-30(35)36)21-17-37-29(38-18-21)33(13-9-14-33)40-31(42)44-32(3,4)5/h6,8,10-11,15-18,30H,1,7,9,12-14,19H2,2-5H3,(H,40,42). The lowest BCUT2D eigenvalue weighted by molar-refractivity contribution is -0.0505. The molecule has 4 aromatic rings. The molecule has 2 aromatic heterocycles. The number of alkyl carbamates (subject to hydrolysis) is 1. The van der Waals surface area contributed by atoms with Crippen LogP contribution in [0.3, 0.4) is 0 Å². The number of nitrogens with one attached hydrogen (secondary N) is 1. The van der Waals surface area contributed by atoms with Crippen molar-refractivity contribution in [1.82, 2.24) is 24.8 Å². The third-order valence-corrected chi connectivity index (χ3v) is 8.43. The first-order chi connectivity index (χ1) is 20.9. The van der Waals surface area contributed by atoms with Gasteiger partial charge in [0, 0.05) is 34.4 Å². The summed E-state index contributed by atoms with van der Waals surface area (Å²) in [7, 11) is 0. The van der Waals surface area contributed by atoms with E-state index in [4.69, 9.17) is 14.5 Å². The van der Waals surface area contributed by atoms with Crippen LogP contribution in [0.4, 0.5) is 13.6 Å². The van der Waals surface area contributed by atoms with Crippen molar-refractivity contribution >= 4 is 33.1 Å². The Balaban J connectivity index is 1.48. The molecule has 1 fully saturated rings. The summed E-state index contributed by atoms with van der Waals surface area (Å²) in [6.45, 7) is 8.69. The summed E-state index contributed by atoms with van der Waals surface area (Å²) in [6, 6.07) is 9.06. The highest BCUT2D eigenvalue weighted by atomic mass is 79.9. The average molecular weight is 669 g/mol. The van der Waals surface area contributed by atoms with Crippen LogP contribution in [-0.4, -0.2) is 37.8 Å². The van der Waals surface area contributed by atoms with Crippen LogP contribution in [0, 0.1) is 6.92 Å². The van der Waals surface area contributed by atoms with Gasteiger partial charge in [-0.1, -0.05) is 28.1 Å². The Kier molecular flexibility index (Phi) is 9.06. The molecule has 5 rings (SSSR count). The lowest BCUT2D eigenvalue weighted by Crippen LogP contribution is -2.53. The zero-order chi connectivity index (χ0) is 31.6. The highest BCUT2D eigenvalue weighted by Gasteiger charge is 2.43. The number of ether oxygens (including phenoxy) is 2. The maximum absolute atomic E-state index is 13.2. The molecule has 2 aromatic carbocycles. The minimum absolute atomic E-state index is 0.113. The first-order valence-electron chi connectivity index (χ1n) is 14.6. The second-order valence-electron chi connectivity index (χ2n) is 12.1. The molecule has 0 aliphatic heterocycles. The highest BCUT2D eigenvalue weighted by molar-refractivity contribution is 9.10. The van der Waals surface area contributed by atoms with Gasteiger partial charge in [0.1, 0.15) is 22.7 Å². The number of aryl methyl sites for hydroxylation is 2. The second kappa shape index (κ2) is 12.6. The fraction of sp³-hybridized carbons (Fsp3) is 0.394. The van der Waals surface area contributed by atoms with Gasteiger partial charge in [0.25, 0.3) is 0 Å². The number of carbonyl (C=O) groups excluding carboxylic acids is 1. The Hall–Kier alpha value is -3.86. The summed E-state index contributed by atoms with van der Waals surface area (Å²) < 4.78 is 39.4. The van der Waals surface area contributed by atoms with E-state index >= 15 is 0 Å². The van der Waals surface area contributed by atoms with Crippen LogP contribution in [0.1, 0.15) is 69.2 Å². The number of amides is 1. The van der Waals surface area contributed by atoms with Crippen LogP contribution in [0.25, 0.3) is 22.2 Å². The van der Waals surface area contributed by atoms with E-state index < -0.39 is 23.8 Å². The summed E-state index contributed by atoms with van der Waals surface area (Å²) in [5, 5.41) is 3.00. The predicted molar refractivity (Wildman–Crippen MR) is 169 cm³/mol. The number of carbonyl (C=O) groups is 1. The number of halogens is 3. The van der Waals surface area contributed by atoms with Crippen molar-refractivity contribution in [2.45, 2.75) is 84.1 Å². The van der Waals surface area contributed by atoms with Crippen molar-refractivity contribution in [3.8, 4) is 16.9 Å². The van der Waals surface area contributed by atoms with Gasteiger partial charge < -0.3 is 19.4 Å². The molecular formula is C33H36BrF2N5O3. The summed E-state index contributed by atoms with van der Waals surface area (Å²) in [4.78, 5) is 26.9. The topological polar surface area (TPSA) is 91.2 Å². The first kappa shape index (κ1) is 31.6. The quantitative estimate of drug-likeness (QED) is 0.171. The van der Waals surface area contributed by atoms with E-state index in [0.29, 0.717) is 28.7 Å². The zero-order valence-electron chi connectivity index (χ0n) is 25.3. The van der Waals surface area contributed by atoms with Crippen molar-refractivity contribution < 1.29 is 23.0 Å². The Morgan fingerprint density at radius 1 is 1.23 bits per heavy atom. The Morgan fingerprint density at radius 2 is 1.95 bits per heavy atom. The third kappa shape index (κ3) is 6.77. The number of benzene rings is 2. The fourth-order valence-electron chi connectivity index (χ4n) is 5.44. The molecule has 1 saturated carbocycles. The van der Waals surface area contributed by atoms with Crippen LogP contribution in [0.5, 0.6) is 5.75 Å². The Labute approximate surface area is 264 Å². The van der Waals surface area contributed by atoms with E-state index in [1.807, 2.05) is 50.5 Å². The number of hydrogen-bond acceptors (Lipinski definition) is 6. The largest absolute Gasteiger partial charge is 0.444 e. The molecule has 0 spiro atoms. The molecule has 0 unspecified atom stereocenters. The van der Waals surface area contributed by atoms with Gasteiger partial charge in [-0.25, -0.2) is 19.7 Å². The number of rotatable bonds is 10. The second-order valence-corrected chi connectivity index (χ2v) is 12.9. The van der Waals surface area contributed by atoms with Crippen molar-refractivity contribution in [2.75, 3.05) is 0 Å². The molecule has 1 amide bonds. The number of hydrogen-bond donors (Lipinski definition) is 1. The van der Waals surface area contributed by atoms with Crippen LogP contribution in [-0.2, 0) is 23.2 Å². The Bertz CT molecular complexity index is 1680. The normalized spacial score (nSPS) is 14.4. The van der Waals surface area contributed by atoms with Gasteiger partial charge in [0.15, 0.2) is 5.82 Å². The first-order valence-corrected chi connectivity index (χ1v) is 15.4. The molecule has 1 N–H and O–H groups in total. The Morgan fingerprint density at radius 3 is 2.57 bits per heavy atom. The monoisotopic (exact) mass is 667 g/mol. The van der Waals surface area contributed by atoms with Crippen LogP contribution >= 0.6 is 15.9 Å². The van der Waals surface area contributed by atoms with E-state index in [9.17, 15) is 13.6 Å². The maximum atomic E-state index is 13.2. The van der Waals surface area contributed by atoms with E-state index in [2.05, 4.69) is 37.8 Å². The lowest BCUT2D eigenvalue weighted by atomic mass is 9.76. The molecule has 11 heteroatoms. The lowest BCUT2D eigenvalue weighted by Gasteiger charge is -2.41. The molecule has 8 nitrogen and oxygen atoms in total. The third-order valence-electron chi connectivity index (χ3n) is 7.69. The molecule has 0 saturated heterocycles. The molecule has 1 aliphatic carbocycles. The molecule has 2 heterocycles. The minimum atomic E-state index is -2.94. The van der Waals surface area contributed by atoms with Gasteiger partial charge in [-0.15, -0.1) is 6.58 Å². The van der Waals surface area contributed by atoms with Crippen molar-refractivity contribution in [3.63, 3.8) is 0 Å². The number of allylic oxidation sites excluding steroid dienone is 1. The number of imidazole rings is 1. The maximum Gasteiger partial charge on any atom is 0.408 e. The van der Waals surface area contributed by atoms with Gasteiger partial charge in [0.05, 0.1) is 17.6 Å². The summed E-state index contributed by atoms with van der Waals surface area (Å²) in [5.74, 6) is 1.48. The summed E-state index contributed by atoms with van der Waals surface area (Å²) in [6.07, 6.45) is 8.68. The molecule has 44 heavy (non-hydrogen) atoms. The molecule has 0 radical (unpaired) electrons. The fourth-order valence-corrected chi connectivity index (χ4v) is 5.91. The van der Waals surface area contributed by atoms with E-state index in [1.165, 1.54) is 0 Å². The van der Waals surface area contributed by atoms with Crippen molar-refractivity contribution in [2.24, 2.45) is 0 Å². The SMILES string of the molecule is C=CCCc1nc2cc(-c3cnc(C4(NC(=O)OC(C)(C)C)CCC4)nc3)c(C)cc2n1Cc1c(Br)cccc1OC(F)F. The predicted octanol–water partition coefficient (Wildman–Crippen LogP) is 8.24. The summed E-state index contributed by atoms with van der Waals surface area (Å²) in [5.41, 5.74) is 3.71. The molecule has 232 valence electrons. The number of fused-ring (bicyclic) bond motifs is 1. The average Bonchev–Trinajstić information content (AvgIpc) is 3.25. The van der Waals surface area contributed by atoms with Gasteiger partial charge in [-0.2, -0.15) is 8.78 Å². The van der Waals surface area contributed by atoms with Gasteiger partial charge >= 0.3 is 12.7 Å². The molecule has 1 aliphatic rings. The van der Waals surface area contributed by atoms with E-state index in [0.717, 1.165) is 52.8 Å². The van der Waals surface area contributed by atoms with E-state index in [-0.39, 0.29) is 12.3 Å². The van der Waals surface area contributed by atoms with Gasteiger partial charge in [-0.05, 0) is 88.8 Å². The van der Waals surface area contributed by atoms with E-state index in [1.54, 1.807) is 30.6 Å². The minimum Gasteiger partial charge on any atom is -0.444 e. The van der Waals surface area contributed by atoms with Gasteiger partial charge in [0.2, 0.25) is 0 Å². The van der Waals surface area contributed by atoms with Crippen LogP contribution in [0.2, 0.25) is 0 Å². The van der Waals surface area contributed by atoms with Crippen LogP contribution < -0.4 is 10.1 Å². The van der Waals surface area contributed by atoms with Crippen molar-refractivity contribution in [1.29, 1.82) is 0 Å². The number of aromatic nitrogens is 4. The van der Waals surface area contributed by atoms with Gasteiger partial charge in [-0.3, -0.25) is 0 Å². The smallest absolute Gasteiger partial charge is 0.408 e. The van der Waals surface area contributed by atoms with Crippen molar-refractivity contribution in [3.05, 3.63) is 82.6 Å². The number of alkyl halides is 2. The summed E-state index contributed by atoms with van der Waals surface area (Å²) >= 11 is 3.52. The van der Waals surface area contributed by atoms with Crippen LogP contribution in [0.15, 0.2) is 59.9 Å². The number of nitrogens with zero attached hydrogens (tertiary/aromatic N) is 4. The highest BCUT2D eigenvalue weighted by Crippen LogP contribution is 2.40. The molecule has 0 atom stereocenters. The zero-order valence-corrected chi connectivity index (χ0v) is 26.9.